The normalized spacial score (nSPS) is 15.5. The topological polar surface area (TPSA) is 107 Å². The van der Waals surface area contributed by atoms with Crippen LogP contribution in [0.5, 0.6) is 11.5 Å². The molecule has 0 saturated carbocycles. The lowest BCUT2D eigenvalue weighted by molar-refractivity contribution is 0.0844. The number of nitrogens with two attached hydrogens (primary N) is 1. The summed E-state index contributed by atoms with van der Waals surface area (Å²) in [5.74, 6) is 2.53. The number of ether oxygens (including phenoxy) is 3. The molecular formula is C26H37N5O4. The van der Waals surface area contributed by atoms with Crippen molar-refractivity contribution < 1.29 is 19.3 Å². The van der Waals surface area contributed by atoms with Crippen molar-refractivity contribution in [2.45, 2.75) is 51.7 Å². The number of hydrogen-bond acceptors (Lipinski definition) is 8. The summed E-state index contributed by atoms with van der Waals surface area (Å²) < 4.78 is 18.9. The number of rotatable bonds is 10. The zero-order chi connectivity index (χ0) is 24.9. The van der Waals surface area contributed by atoms with Gasteiger partial charge in [0.05, 0.1) is 19.0 Å². The average molecular weight is 484 g/mol. The molecule has 1 atom stereocenters. The third kappa shape index (κ3) is 5.52. The summed E-state index contributed by atoms with van der Waals surface area (Å²) in [4.78, 5) is 7.46. The molecule has 0 bridgehead atoms. The number of aliphatic hydroxyl groups is 1. The van der Waals surface area contributed by atoms with Gasteiger partial charge in [0, 0.05) is 55.6 Å². The van der Waals surface area contributed by atoms with Crippen LogP contribution < -0.4 is 20.1 Å². The standard InChI is InChI=1S/C26H37N5O4/c1-5-30(19-6-8-34-9-7-19)25-13-24(29-26-23(17(2)3)15-28-31(25)26)18-10-21(33-4)12-22(11-18)35-16-20(32)14-27/h10-13,15,17,19-20,32H,5-9,14,16,27H2,1-4H3. The Morgan fingerprint density at radius 1 is 1.20 bits per heavy atom. The van der Waals surface area contributed by atoms with Gasteiger partial charge in [-0.2, -0.15) is 9.61 Å². The summed E-state index contributed by atoms with van der Waals surface area (Å²) in [6, 6.07) is 8.14. The van der Waals surface area contributed by atoms with E-state index in [0.29, 0.717) is 17.5 Å². The van der Waals surface area contributed by atoms with E-state index in [9.17, 15) is 5.11 Å². The molecule has 0 spiro atoms. The second-order valence-electron chi connectivity index (χ2n) is 9.22. The van der Waals surface area contributed by atoms with Gasteiger partial charge in [-0.3, -0.25) is 0 Å². The highest BCUT2D eigenvalue weighted by Crippen LogP contribution is 2.34. The molecule has 190 valence electrons. The summed E-state index contributed by atoms with van der Waals surface area (Å²) in [6.07, 6.45) is 3.15. The van der Waals surface area contributed by atoms with E-state index in [2.05, 4.69) is 31.7 Å². The van der Waals surface area contributed by atoms with Crippen molar-refractivity contribution >= 4 is 11.5 Å². The predicted molar refractivity (Wildman–Crippen MR) is 136 cm³/mol. The molecule has 0 radical (unpaired) electrons. The second-order valence-corrected chi connectivity index (χ2v) is 9.22. The minimum atomic E-state index is -0.733. The number of anilines is 1. The molecule has 9 heteroatoms. The van der Waals surface area contributed by atoms with Crippen molar-refractivity contribution in [3.8, 4) is 22.8 Å². The summed E-state index contributed by atoms with van der Waals surface area (Å²) in [5.41, 5.74) is 9.15. The van der Waals surface area contributed by atoms with Gasteiger partial charge in [-0.25, -0.2) is 4.98 Å². The van der Waals surface area contributed by atoms with Crippen molar-refractivity contribution in [1.82, 2.24) is 14.6 Å². The van der Waals surface area contributed by atoms with Crippen LogP contribution in [0.15, 0.2) is 30.5 Å². The van der Waals surface area contributed by atoms with Gasteiger partial charge >= 0.3 is 0 Å². The Morgan fingerprint density at radius 2 is 1.94 bits per heavy atom. The molecule has 4 rings (SSSR count). The molecule has 1 aromatic carbocycles. The monoisotopic (exact) mass is 483 g/mol. The van der Waals surface area contributed by atoms with Gasteiger partial charge in [0.15, 0.2) is 5.65 Å². The quantitative estimate of drug-likeness (QED) is 0.453. The molecule has 1 aliphatic rings. The van der Waals surface area contributed by atoms with Gasteiger partial charge in [0.2, 0.25) is 0 Å². The SMILES string of the molecule is CCN(c1cc(-c2cc(OC)cc(OCC(O)CN)c2)nc2c(C(C)C)cnn12)C1CCOCC1. The molecule has 2 aromatic heterocycles. The lowest BCUT2D eigenvalue weighted by Gasteiger charge is -2.35. The lowest BCUT2D eigenvalue weighted by Crippen LogP contribution is -2.40. The third-order valence-electron chi connectivity index (χ3n) is 6.49. The average Bonchev–Trinajstić information content (AvgIpc) is 3.32. The summed E-state index contributed by atoms with van der Waals surface area (Å²) >= 11 is 0. The Hall–Kier alpha value is -2.88. The first-order valence-corrected chi connectivity index (χ1v) is 12.4. The molecule has 1 aliphatic heterocycles. The first-order chi connectivity index (χ1) is 16.9. The van der Waals surface area contributed by atoms with E-state index in [0.717, 1.165) is 60.9 Å². The van der Waals surface area contributed by atoms with Gasteiger partial charge in [0.1, 0.15) is 30.0 Å². The molecular weight excluding hydrogens is 446 g/mol. The number of aromatic nitrogens is 3. The molecule has 3 N–H and O–H groups in total. The molecule has 1 unspecified atom stereocenters. The first kappa shape index (κ1) is 25.2. The van der Waals surface area contributed by atoms with Crippen LogP contribution in [0.2, 0.25) is 0 Å². The van der Waals surface area contributed by atoms with Crippen molar-refractivity contribution in [1.29, 1.82) is 0 Å². The number of hydrogen-bond donors (Lipinski definition) is 2. The van der Waals surface area contributed by atoms with E-state index in [1.54, 1.807) is 13.2 Å². The lowest BCUT2D eigenvalue weighted by atomic mass is 10.1. The van der Waals surface area contributed by atoms with Crippen LogP contribution >= 0.6 is 0 Å². The van der Waals surface area contributed by atoms with E-state index in [1.165, 1.54) is 0 Å². The fourth-order valence-electron chi connectivity index (χ4n) is 4.51. The van der Waals surface area contributed by atoms with Crippen LogP contribution in [0.25, 0.3) is 16.9 Å². The number of nitrogens with zero attached hydrogens (tertiary/aromatic N) is 4. The number of fused-ring (bicyclic) bond motifs is 1. The number of benzene rings is 1. The van der Waals surface area contributed by atoms with Gasteiger partial charge < -0.3 is 30.0 Å². The van der Waals surface area contributed by atoms with E-state index < -0.39 is 6.10 Å². The highest BCUT2D eigenvalue weighted by molar-refractivity contribution is 5.71. The summed E-state index contributed by atoms with van der Waals surface area (Å²) in [7, 11) is 1.62. The van der Waals surface area contributed by atoms with Gasteiger partial charge in [-0.1, -0.05) is 13.8 Å². The van der Waals surface area contributed by atoms with Gasteiger partial charge in [-0.05, 0) is 37.8 Å². The highest BCUT2D eigenvalue weighted by atomic mass is 16.5. The fourth-order valence-corrected chi connectivity index (χ4v) is 4.51. The van der Waals surface area contributed by atoms with Crippen LogP contribution in [-0.4, -0.2) is 71.9 Å². The second kappa shape index (κ2) is 11.2. The largest absolute Gasteiger partial charge is 0.497 e. The van der Waals surface area contributed by atoms with Crippen molar-refractivity contribution in [2.75, 3.05) is 44.9 Å². The summed E-state index contributed by atoms with van der Waals surface area (Å²) in [6.45, 7) is 9.11. The highest BCUT2D eigenvalue weighted by Gasteiger charge is 2.25. The van der Waals surface area contributed by atoms with Crippen LogP contribution in [-0.2, 0) is 4.74 Å². The Morgan fingerprint density at radius 3 is 2.60 bits per heavy atom. The van der Waals surface area contributed by atoms with Crippen LogP contribution in [0.3, 0.4) is 0 Å². The molecule has 0 amide bonds. The van der Waals surface area contributed by atoms with Crippen LogP contribution in [0.1, 0.15) is 45.1 Å². The van der Waals surface area contributed by atoms with Crippen LogP contribution in [0.4, 0.5) is 5.82 Å². The molecule has 1 saturated heterocycles. The Balaban J connectivity index is 1.83. The van der Waals surface area contributed by atoms with Crippen molar-refractivity contribution in [3.63, 3.8) is 0 Å². The number of aliphatic hydroxyl groups excluding tert-OH is 1. The first-order valence-electron chi connectivity index (χ1n) is 12.4. The van der Waals surface area contributed by atoms with Crippen molar-refractivity contribution in [3.05, 3.63) is 36.0 Å². The maximum Gasteiger partial charge on any atom is 0.161 e. The van der Waals surface area contributed by atoms with E-state index >= 15 is 0 Å². The zero-order valence-corrected chi connectivity index (χ0v) is 21.1. The number of methoxy groups -OCH3 is 1. The predicted octanol–water partition coefficient (Wildman–Crippen LogP) is 3.23. The van der Waals surface area contributed by atoms with E-state index in [1.807, 2.05) is 22.8 Å². The minimum Gasteiger partial charge on any atom is -0.497 e. The van der Waals surface area contributed by atoms with Gasteiger partial charge in [0.25, 0.3) is 0 Å². The molecule has 35 heavy (non-hydrogen) atoms. The summed E-state index contributed by atoms with van der Waals surface area (Å²) in [5, 5.41) is 14.6. The third-order valence-corrected chi connectivity index (χ3v) is 6.49. The smallest absolute Gasteiger partial charge is 0.161 e. The Kier molecular flexibility index (Phi) is 8.10. The Bertz CT molecular complexity index is 1130. The van der Waals surface area contributed by atoms with Gasteiger partial charge in [-0.15, -0.1) is 0 Å². The maximum atomic E-state index is 9.84. The maximum absolute atomic E-state index is 9.84. The van der Waals surface area contributed by atoms with Crippen LogP contribution in [0, 0.1) is 0 Å². The molecule has 3 heterocycles. The molecule has 0 aliphatic carbocycles. The molecule has 1 fully saturated rings. The van der Waals surface area contributed by atoms with E-state index in [4.69, 9.17) is 30.0 Å². The fraction of sp³-hybridized carbons (Fsp3) is 0.538. The van der Waals surface area contributed by atoms with Crippen molar-refractivity contribution in [2.24, 2.45) is 5.73 Å². The van der Waals surface area contributed by atoms with E-state index in [-0.39, 0.29) is 19.1 Å². The molecule has 9 nitrogen and oxygen atoms in total. The minimum absolute atomic E-state index is 0.105. The zero-order valence-electron chi connectivity index (χ0n) is 21.1. The molecule has 3 aromatic rings. The Labute approximate surface area is 206 Å².